The summed E-state index contributed by atoms with van der Waals surface area (Å²) in [6.07, 6.45) is 3.73. The minimum Gasteiger partial charge on any atom is -0.457 e. The molecule has 5 rings (SSSR count). The Bertz CT molecular complexity index is 1380. The summed E-state index contributed by atoms with van der Waals surface area (Å²) in [5.74, 6) is 2.43. The Labute approximate surface area is 187 Å². The van der Waals surface area contributed by atoms with Crippen molar-refractivity contribution in [2.75, 3.05) is 0 Å². The number of hydrogen-bond donors (Lipinski definition) is 0. The molecule has 5 nitrogen and oxygen atoms in total. The van der Waals surface area contributed by atoms with Gasteiger partial charge in [-0.3, -0.25) is 0 Å². The lowest BCUT2D eigenvalue weighted by Gasteiger charge is -2.11. The second-order valence-corrected chi connectivity index (χ2v) is 7.81. The second-order valence-electron chi connectivity index (χ2n) is 7.81. The van der Waals surface area contributed by atoms with Gasteiger partial charge in [0.1, 0.15) is 17.3 Å². The number of imidazole rings is 1. The van der Waals surface area contributed by atoms with E-state index in [-0.39, 0.29) is 0 Å². The van der Waals surface area contributed by atoms with Crippen LogP contribution >= 0.6 is 0 Å². The SMILES string of the molecule is Cc1nn(-c2cccc(Oc3cccc(-c4nccn4C)c3)c2)c(C)c1-c1ccccc1. The van der Waals surface area contributed by atoms with Crippen LogP contribution in [0.5, 0.6) is 11.5 Å². The molecule has 158 valence electrons. The number of benzene rings is 3. The van der Waals surface area contributed by atoms with Gasteiger partial charge in [-0.25, -0.2) is 9.67 Å². The number of hydrogen-bond acceptors (Lipinski definition) is 3. The molecule has 3 aromatic carbocycles. The highest BCUT2D eigenvalue weighted by Gasteiger charge is 2.15. The van der Waals surface area contributed by atoms with Crippen molar-refractivity contribution in [2.45, 2.75) is 13.8 Å². The maximum absolute atomic E-state index is 6.20. The Balaban J connectivity index is 1.46. The topological polar surface area (TPSA) is 44.9 Å². The van der Waals surface area contributed by atoms with E-state index in [0.717, 1.165) is 40.0 Å². The van der Waals surface area contributed by atoms with Crippen LogP contribution in [0.25, 0.3) is 28.2 Å². The summed E-state index contributed by atoms with van der Waals surface area (Å²) in [6, 6.07) is 26.4. The molecular formula is C27H24N4O. The number of rotatable bonds is 5. The van der Waals surface area contributed by atoms with Crippen molar-refractivity contribution in [3.63, 3.8) is 0 Å². The van der Waals surface area contributed by atoms with Crippen molar-refractivity contribution < 1.29 is 4.74 Å². The van der Waals surface area contributed by atoms with Gasteiger partial charge >= 0.3 is 0 Å². The standard InChI is InChI=1S/C27H24N4O/c1-19-26(21-9-5-4-6-10-21)20(2)31(29-19)23-12-8-14-25(18-23)32-24-13-7-11-22(17-24)27-28-15-16-30(27)3/h4-18H,1-3H3. The van der Waals surface area contributed by atoms with Gasteiger partial charge in [0.25, 0.3) is 0 Å². The van der Waals surface area contributed by atoms with E-state index < -0.39 is 0 Å². The molecule has 0 spiro atoms. The third kappa shape index (κ3) is 3.69. The minimum absolute atomic E-state index is 0.758. The number of ether oxygens (including phenoxy) is 1. The number of nitrogens with zero attached hydrogens (tertiary/aromatic N) is 4. The summed E-state index contributed by atoms with van der Waals surface area (Å²) in [4.78, 5) is 4.43. The van der Waals surface area contributed by atoms with Crippen LogP contribution < -0.4 is 4.74 Å². The number of aryl methyl sites for hydroxylation is 2. The van der Waals surface area contributed by atoms with E-state index in [1.54, 1.807) is 6.20 Å². The molecule has 0 amide bonds. The molecule has 0 saturated carbocycles. The van der Waals surface area contributed by atoms with E-state index >= 15 is 0 Å². The lowest BCUT2D eigenvalue weighted by molar-refractivity contribution is 0.482. The molecule has 0 fully saturated rings. The first-order chi connectivity index (χ1) is 15.6. The molecule has 0 aliphatic heterocycles. The normalized spacial score (nSPS) is 11.0. The van der Waals surface area contributed by atoms with E-state index in [2.05, 4.69) is 43.1 Å². The van der Waals surface area contributed by atoms with Crippen LogP contribution in [0.2, 0.25) is 0 Å². The second kappa shape index (κ2) is 8.19. The highest BCUT2D eigenvalue weighted by Crippen LogP contribution is 2.31. The molecule has 0 N–H and O–H groups in total. The quantitative estimate of drug-likeness (QED) is 0.333. The van der Waals surface area contributed by atoms with E-state index in [4.69, 9.17) is 9.84 Å². The van der Waals surface area contributed by atoms with Crippen molar-refractivity contribution in [3.05, 3.63) is 103 Å². The van der Waals surface area contributed by atoms with Crippen LogP contribution in [0, 0.1) is 13.8 Å². The average Bonchev–Trinajstić information content (AvgIpc) is 3.37. The molecule has 2 aromatic heterocycles. The Morgan fingerprint density at radius 1 is 0.781 bits per heavy atom. The first-order valence-electron chi connectivity index (χ1n) is 10.6. The third-order valence-corrected chi connectivity index (χ3v) is 5.57. The van der Waals surface area contributed by atoms with Crippen LogP contribution in [-0.4, -0.2) is 19.3 Å². The highest BCUT2D eigenvalue weighted by atomic mass is 16.5. The average molecular weight is 421 g/mol. The van der Waals surface area contributed by atoms with Gasteiger partial charge in [0.15, 0.2) is 0 Å². The Morgan fingerprint density at radius 3 is 2.25 bits per heavy atom. The molecule has 0 atom stereocenters. The summed E-state index contributed by atoms with van der Waals surface area (Å²) in [5.41, 5.74) is 6.42. The summed E-state index contributed by atoms with van der Waals surface area (Å²) < 4.78 is 10.2. The zero-order chi connectivity index (χ0) is 22.1. The van der Waals surface area contributed by atoms with E-state index in [1.165, 1.54) is 11.1 Å². The van der Waals surface area contributed by atoms with E-state index in [0.29, 0.717) is 0 Å². The number of aromatic nitrogens is 4. The maximum Gasteiger partial charge on any atom is 0.139 e. The summed E-state index contributed by atoms with van der Waals surface area (Å²) >= 11 is 0. The van der Waals surface area contributed by atoms with Crippen molar-refractivity contribution in [1.29, 1.82) is 0 Å². The van der Waals surface area contributed by atoms with Gasteiger partial charge in [-0.2, -0.15) is 5.10 Å². The van der Waals surface area contributed by atoms with Crippen molar-refractivity contribution in [3.8, 4) is 39.7 Å². The first-order valence-corrected chi connectivity index (χ1v) is 10.6. The third-order valence-electron chi connectivity index (χ3n) is 5.57. The highest BCUT2D eigenvalue weighted by molar-refractivity contribution is 5.69. The van der Waals surface area contributed by atoms with Gasteiger partial charge in [-0.05, 0) is 43.7 Å². The molecule has 2 heterocycles. The van der Waals surface area contributed by atoms with Gasteiger partial charge in [-0.1, -0.05) is 48.5 Å². The molecule has 0 radical (unpaired) electrons. The lowest BCUT2D eigenvalue weighted by Crippen LogP contribution is -1.99. The molecule has 5 heteroatoms. The summed E-state index contributed by atoms with van der Waals surface area (Å²) in [7, 11) is 1.98. The van der Waals surface area contributed by atoms with E-state index in [1.807, 2.05) is 77.1 Å². The van der Waals surface area contributed by atoms with Crippen molar-refractivity contribution in [2.24, 2.45) is 7.05 Å². The van der Waals surface area contributed by atoms with Crippen LogP contribution in [0.15, 0.2) is 91.3 Å². The maximum atomic E-state index is 6.20. The fourth-order valence-electron chi connectivity index (χ4n) is 4.07. The monoisotopic (exact) mass is 420 g/mol. The van der Waals surface area contributed by atoms with Gasteiger partial charge in [0, 0.05) is 42.3 Å². The van der Waals surface area contributed by atoms with Crippen LogP contribution in [0.1, 0.15) is 11.4 Å². The first kappa shape index (κ1) is 19.8. The molecule has 32 heavy (non-hydrogen) atoms. The predicted octanol–water partition coefficient (Wildman–Crippen LogP) is 6.35. The molecule has 0 unspecified atom stereocenters. The molecular weight excluding hydrogens is 396 g/mol. The van der Waals surface area contributed by atoms with Crippen molar-refractivity contribution in [1.82, 2.24) is 19.3 Å². The molecule has 0 aliphatic rings. The van der Waals surface area contributed by atoms with E-state index in [9.17, 15) is 0 Å². The van der Waals surface area contributed by atoms with Crippen LogP contribution in [0.3, 0.4) is 0 Å². The lowest BCUT2D eigenvalue weighted by atomic mass is 10.0. The van der Waals surface area contributed by atoms with Crippen molar-refractivity contribution >= 4 is 0 Å². The van der Waals surface area contributed by atoms with Crippen LogP contribution in [0.4, 0.5) is 0 Å². The van der Waals surface area contributed by atoms with Gasteiger partial charge in [-0.15, -0.1) is 0 Å². The summed E-state index contributed by atoms with van der Waals surface area (Å²) in [6.45, 7) is 4.15. The fourth-order valence-corrected chi connectivity index (χ4v) is 4.07. The Hall–Kier alpha value is -4.12. The Morgan fingerprint density at radius 2 is 1.50 bits per heavy atom. The van der Waals surface area contributed by atoms with Crippen LogP contribution in [-0.2, 0) is 7.05 Å². The fraction of sp³-hybridized carbons (Fsp3) is 0.111. The molecule has 0 bridgehead atoms. The largest absolute Gasteiger partial charge is 0.457 e. The molecule has 5 aromatic rings. The minimum atomic E-state index is 0.758. The molecule has 0 aliphatic carbocycles. The van der Waals surface area contributed by atoms with Gasteiger partial charge in [0.05, 0.1) is 11.4 Å². The predicted molar refractivity (Wildman–Crippen MR) is 127 cm³/mol. The smallest absolute Gasteiger partial charge is 0.139 e. The Kier molecular flexibility index (Phi) is 5.07. The zero-order valence-corrected chi connectivity index (χ0v) is 18.4. The zero-order valence-electron chi connectivity index (χ0n) is 18.4. The molecule has 0 saturated heterocycles. The summed E-state index contributed by atoms with van der Waals surface area (Å²) in [5, 5.41) is 4.81. The van der Waals surface area contributed by atoms with Gasteiger partial charge < -0.3 is 9.30 Å². The van der Waals surface area contributed by atoms with Gasteiger partial charge in [0.2, 0.25) is 0 Å².